The summed E-state index contributed by atoms with van der Waals surface area (Å²) < 4.78 is 5.57. The van der Waals surface area contributed by atoms with Crippen LogP contribution in [0, 0.1) is 11.8 Å². The molecule has 2 aliphatic rings. The molecule has 0 aromatic rings. The second kappa shape index (κ2) is 3.64. The van der Waals surface area contributed by atoms with Gasteiger partial charge in [-0.3, -0.25) is 4.79 Å². The van der Waals surface area contributed by atoms with E-state index in [2.05, 4.69) is 5.32 Å². The van der Waals surface area contributed by atoms with Crippen LogP contribution in [0.2, 0.25) is 0 Å². The van der Waals surface area contributed by atoms with Crippen LogP contribution in [-0.4, -0.2) is 31.7 Å². The number of ether oxygens (including phenoxy) is 1. The molecule has 0 saturated carbocycles. The van der Waals surface area contributed by atoms with E-state index in [-0.39, 0.29) is 17.9 Å². The zero-order chi connectivity index (χ0) is 9.26. The van der Waals surface area contributed by atoms with E-state index in [0.717, 1.165) is 32.5 Å². The zero-order valence-corrected chi connectivity index (χ0v) is 7.66. The molecule has 13 heavy (non-hydrogen) atoms. The third-order valence-electron chi connectivity index (χ3n) is 3.07. The fourth-order valence-electron chi connectivity index (χ4n) is 2.34. The summed E-state index contributed by atoms with van der Waals surface area (Å²) in [6.07, 6.45) is 2.45. The molecule has 4 nitrogen and oxygen atoms in total. The molecule has 2 saturated heterocycles. The molecule has 1 amide bonds. The Morgan fingerprint density at radius 1 is 1.46 bits per heavy atom. The number of hydrogen-bond acceptors (Lipinski definition) is 3. The molecule has 3 atom stereocenters. The first-order valence-electron chi connectivity index (χ1n) is 4.90. The highest BCUT2D eigenvalue weighted by atomic mass is 16.5. The van der Waals surface area contributed by atoms with Gasteiger partial charge in [0.15, 0.2) is 0 Å². The third-order valence-corrected chi connectivity index (χ3v) is 3.07. The number of carbonyl (C=O) groups is 1. The maximum Gasteiger partial charge on any atom is 0.222 e. The van der Waals surface area contributed by atoms with Gasteiger partial charge in [-0.1, -0.05) is 0 Å². The van der Waals surface area contributed by atoms with Crippen molar-refractivity contribution < 1.29 is 9.53 Å². The van der Waals surface area contributed by atoms with Gasteiger partial charge in [-0.25, -0.2) is 0 Å². The molecule has 2 rings (SSSR count). The van der Waals surface area contributed by atoms with Gasteiger partial charge in [-0.15, -0.1) is 0 Å². The fraction of sp³-hybridized carbons (Fsp3) is 0.889. The summed E-state index contributed by atoms with van der Waals surface area (Å²) in [5.74, 6) is 0.0913. The van der Waals surface area contributed by atoms with Crippen LogP contribution in [0.1, 0.15) is 12.8 Å². The minimum atomic E-state index is -0.189. The van der Waals surface area contributed by atoms with E-state index >= 15 is 0 Å². The molecular weight excluding hydrogens is 168 g/mol. The van der Waals surface area contributed by atoms with Crippen LogP contribution in [0.5, 0.6) is 0 Å². The molecule has 3 N–H and O–H groups in total. The van der Waals surface area contributed by atoms with Crippen LogP contribution in [0.4, 0.5) is 0 Å². The molecule has 2 fully saturated rings. The van der Waals surface area contributed by atoms with Gasteiger partial charge in [0.05, 0.1) is 12.0 Å². The Kier molecular flexibility index (Phi) is 2.51. The highest BCUT2D eigenvalue weighted by molar-refractivity contribution is 5.77. The number of nitrogens with two attached hydrogens (primary N) is 1. The molecule has 3 unspecified atom stereocenters. The Hall–Kier alpha value is -0.610. The van der Waals surface area contributed by atoms with E-state index in [1.165, 1.54) is 0 Å². The van der Waals surface area contributed by atoms with E-state index in [1.54, 1.807) is 0 Å². The molecule has 0 aromatic heterocycles. The van der Waals surface area contributed by atoms with Crippen molar-refractivity contribution in [3.63, 3.8) is 0 Å². The molecule has 0 radical (unpaired) electrons. The zero-order valence-electron chi connectivity index (χ0n) is 7.66. The molecule has 0 aromatic carbocycles. The molecule has 0 aliphatic carbocycles. The largest absolute Gasteiger partial charge is 0.378 e. The van der Waals surface area contributed by atoms with Crippen LogP contribution in [-0.2, 0) is 9.53 Å². The topological polar surface area (TPSA) is 64.4 Å². The summed E-state index contributed by atoms with van der Waals surface area (Å²) in [5, 5.41) is 3.20. The summed E-state index contributed by atoms with van der Waals surface area (Å²) in [4.78, 5) is 11.1. The van der Waals surface area contributed by atoms with E-state index < -0.39 is 0 Å². The van der Waals surface area contributed by atoms with E-state index in [9.17, 15) is 4.79 Å². The molecule has 2 heterocycles. The first-order chi connectivity index (χ1) is 6.29. The Morgan fingerprint density at radius 3 is 2.92 bits per heavy atom. The lowest BCUT2D eigenvalue weighted by Gasteiger charge is -2.21. The second-order valence-corrected chi connectivity index (χ2v) is 3.88. The smallest absolute Gasteiger partial charge is 0.222 e. The van der Waals surface area contributed by atoms with Crippen LogP contribution >= 0.6 is 0 Å². The summed E-state index contributed by atoms with van der Waals surface area (Å²) in [7, 11) is 0. The first-order valence-corrected chi connectivity index (χ1v) is 4.90. The predicted octanol–water partition coefficient (Wildman–Crippen LogP) is -0.514. The Labute approximate surface area is 77.8 Å². The summed E-state index contributed by atoms with van der Waals surface area (Å²) in [6, 6.07) is 0. The van der Waals surface area contributed by atoms with E-state index in [4.69, 9.17) is 10.5 Å². The van der Waals surface area contributed by atoms with Crippen molar-refractivity contribution in [3.8, 4) is 0 Å². The van der Waals surface area contributed by atoms with Crippen molar-refractivity contribution in [2.24, 2.45) is 17.6 Å². The average Bonchev–Trinajstić information content (AvgIpc) is 2.74. The highest BCUT2D eigenvalue weighted by Crippen LogP contribution is 2.28. The van der Waals surface area contributed by atoms with Gasteiger partial charge in [0.1, 0.15) is 0 Å². The van der Waals surface area contributed by atoms with Crippen LogP contribution in [0.25, 0.3) is 0 Å². The molecule has 74 valence electrons. The lowest BCUT2D eigenvalue weighted by Crippen LogP contribution is -2.35. The number of hydrogen-bond donors (Lipinski definition) is 2. The van der Waals surface area contributed by atoms with Crippen molar-refractivity contribution in [3.05, 3.63) is 0 Å². The average molecular weight is 184 g/mol. The van der Waals surface area contributed by atoms with Gasteiger partial charge in [0.25, 0.3) is 0 Å². The molecule has 4 heteroatoms. The lowest BCUT2D eigenvalue weighted by molar-refractivity contribution is -0.123. The second-order valence-electron chi connectivity index (χ2n) is 3.88. The number of amides is 1. The maximum atomic E-state index is 11.1. The number of primary amides is 1. The van der Waals surface area contributed by atoms with Crippen molar-refractivity contribution in [1.82, 2.24) is 5.32 Å². The molecular formula is C9H16N2O2. The predicted molar refractivity (Wildman–Crippen MR) is 48.0 cm³/mol. The lowest BCUT2D eigenvalue weighted by atomic mass is 9.89. The maximum absolute atomic E-state index is 11.1. The van der Waals surface area contributed by atoms with Gasteiger partial charge in [0.2, 0.25) is 5.91 Å². The quantitative estimate of drug-likeness (QED) is 0.607. The minimum Gasteiger partial charge on any atom is -0.378 e. The van der Waals surface area contributed by atoms with Gasteiger partial charge in [-0.05, 0) is 12.8 Å². The number of carbonyl (C=O) groups excluding carboxylic acids is 1. The summed E-state index contributed by atoms with van der Waals surface area (Å²) >= 11 is 0. The van der Waals surface area contributed by atoms with E-state index in [0.29, 0.717) is 5.92 Å². The monoisotopic (exact) mass is 184 g/mol. The Morgan fingerprint density at radius 2 is 2.31 bits per heavy atom. The summed E-state index contributed by atoms with van der Waals surface area (Å²) in [5.41, 5.74) is 5.32. The van der Waals surface area contributed by atoms with Gasteiger partial charge in [0, 0.05) is 25.6 Å². The fourth-order valence-corrected chi connectivity index (χ4v) is 2.34. The van der Waals surface area contributed by atoms with Crippen molar-refractivity contribution in [2.75, 3.05) is 19.7 Å². The Balaban J connectivity index is 2.00. The van der Waals surface area contributed by atoms with Crippen LogP contribution < -0.4 is 11.1 Å². The van der Waals surface area contributed by atoms with Crippen molar-refractivity contribution in [2.45, 2.75) is 18.9 Å². The first kappa shape index (κ1) is 8.97. The highest BCUT2D eigenvalue weighted by Gasteiger charge is 2.38. The minimum absolute atomic E-state index is 0.0249. The standard InChI is InChI=1S/C9H16N2O2/c10-9(12)7-5-11-4-6(7)8-2-1-3-13-8/h6-8,11H,1-5H2,(H2,10,12). The van der Waals surface area contributed by atoms with Crippen LogP contribution in [0.15, 0.2) is 0 Å². The molecule has 0 bridgehead atoms. The molecule has 0 spiro atoms. The molecule has 2 aliphatic heterocycles. The van der Waals surface area contributed by atoms with Crippen molar-refractivity contribution in [1.29, 1.82) is 0 Å². The van der Waals surface area contributed by atoms with Crippen molar-refractivity contribution >= 4 is 5.91 Å². The van der Waals surface area contributed by atoms with Gasteiger partial charge >= 0.3 is 0 Å². The summed E-state index contributed by atoms with van der Waals surface area (Å²) in [6.45, 7) is 2.44. The van der Waals surface area contributed by atoms with Gasteiger partial charge < -0.3 is 15.8 Å². The SMILES string of the molecule is NC(=O)C1CNCC1C1CCCO1. The number of nitrogens with one attached hydrogen (secondary N) is 1. The Bertz CT molecular complexity index is 202. The number of rotatable bonds is 2. The van der Waals surface area contributed by atoms with E-state index in [1.807, 2.05) is 0 Å². The van der Waals surface area contributed by atoms with Gasteiger partial charge in [-0.2, -0.15) is 0 Å². The normalized spacial score (nSPS) is 39.5. The third kappa shape index (κ3) is 1.69. The van der Waals surface area contributed by atoms with Crippen LogP contribution in [0.3, 0.4) is 0 Å².